The van der Waals surface area contributed by atoms with Gasteiger partial charge in [-0.05, 0) is 24.5 Å². The lowest BCUT2D eigenvalue weighted by molar-refractivity contribution is -0.113. The topological polar surface area (TPSA) is 55.1 Å². The van der Waals surface area contributed by atoms with Crippen LogP contribution in [-0.4, -0.2) is 22.9 Å². The molecule has 1 rings (SSSR count). The van der Waals surface area contributed by atoms with E-state index in [0.29, 0.717) is 5.56 Å². The maximum Gasteiger partial charge on any atom is 0.234 e. The molecule has 0 heterocycles. The van der Waals surface area contributed by atoms with Crippen LogP contribution in [-0.2, 0) is 4.79 Å². The quantitative estimate of drug-likeness (QED) is 0.808. The van der Waals surface area contributed by atoms with Crippen molar-refractivity contribution in [2.24, 2.45) is 5.73 Å². The van der Waals surface area contributed by atoms with Crippen molar-refractivity contribution in [1.82, 2.24) is 0 Å². The van der Waals surface area contributed by atoms with Crippen LogP contribution in [0.1, 0.15) is 5.56 Å². The Morgan fingerprint density at radius 2 is 2.31 bits per heavy atom. The molecule has 0 spiro atoms. The molecule has 0 saturated heterocycles. The van der Waals surface area contributed by atoms with Crippen molar-refractivity contribution in [3.63, 3.8) is 0 Å². The highest BCUT2D eigenvalue weighted by molar-refractivity contribution is 7.99. The van der Waals surface area contributed by atoms with Crippen molar-refractivity contribution in [2.45, 2.75) is 0 Å². The van der Waals surface area contributed by atoms with Crippen molar-refractivity contribution in [3.8, 4) is 0 Å². The largest absolute Gasteiger partial charge is 0.389 e. The number of nitrogens with one attached hydrogen (secondary N) is 1. The Labute approximate surface area is 103 Å². The third-order valence-corrected chi connectivity index (χ3v) is 2.59. The molecule has 0 aromatic heterocycles. The smallest absolute Gasteiger partial charge is 0.234 e. The monoisotopic (exact) mass is 258 g/mol. The van der Waals surface area contributed by atoms with E-state index >= 15 is 0 Å². The van der Waals surface area contributed by atoms with E-state index in [4.69, 9.17) is 18.0 Å². The number of benzene rings is 1. The summed E-state index contributed by atoms with van der Waals surface area (Å²) >= 11 is 6.08. The summed E-state index contributed by atoms with van der Waals surface area (Å²) in [4.78, 5) is 11.4. The van der Waals surface area contributed by atoms with E-state index in [0.717, 1.165) is 0 Å². The van der Waals surface area contributed by atoms with Gasteiger partial charge in [-0.1, -0.05) is 12.2 Å². The average molecular weight is 258 g/mol. The van der Waals surface area contributed by atoms with Crippen LogP contribution in [0.25, 0.3) is 0 Å². The van der Waals surface area contributed by atoms with Crippen molar-refractivity contribution >= 4 is 40.6 Å². The molecule has 0 saturated carbocycles. The number of anilines is 1. The lowest BCUT2D eigenvalue weighted by Gasteiger charge is -2.06. The molecule has 1 aromatic carbocycles. The fourth-order valence-corrected chi connectivity index (χ4v) is 1.55. The number of hydrogen-bond donors (Lipinski definition) is 2. The van der Waals surface area contributed by atoms with Gasteiger partial charge in [0, 0.05) is 5.56 Å². The molecule has 6 heteroatoms. The second-order valence-corrected chi connectivity index (χ2v) is 4.35. The van der Waals surface area contributed by atoms with E-state index in [1.54, 1.807) is 12.3 Å². The van der Waals surface area contributed by atoms with Gasteiger partial charge >= 0.3 is 0 Å². The first kappa shape index (κ1) is 12.9. The number of thioether (sulfide) groups is 1. The van der Waals surface area contributed by atoms with Crippen LogP contribution in [0, 0.1) is 5.82 Å². The SMILES string of the molecule is CSCC(=O)Nc1ccc(C(N)=S)cc1F. The zero-order chi connectivity index (χ0) is 12.1. The van der Waals surface area contributed by atoms with E-state index in [2.05, 4.69) is 5.32 Å². The van der Waals surface area contributed by atoms with Gasteiger partial charge in [-0.3, -0.25) is 4.79 Å². The Bertz CT molecular complexity index is 423. The third kappa shape index (κ3) is 3.46. The molecule has 1 aromatic rings. The number of carbonyl (C=O) groups is 1. The zero-order valence-corrected chi connectivity index (χ0v) is 10.3. The van der Waals surface area contributed by atoms with Gasteiger partial charge in [0.2, 0.25) is 5.91 Å². The van der Waals surface area contributed by atoms with E-state index in [9.17, 15) is 9.18 Å². The molecule has 0 aliphatic heterocycles. The van der Waals surface area contributed by atoms with Crippen molar-refractivity contribution in [2.75, 3.05) is 17.3 Å². The van der Waals surface area contributed by atoms with Crippen LogP contribution < -0.4 is 11.1 Å². The number of amides is 1. The summed E-state index contributed by atoms with van der Waals surface area (Å²) < 4.78 is 13.5. The molecule has 0 fully saturated rings. The van der Waals surface area contributed by atoms with Crippen LogP contribution in [0.5, 0.6) is 0 Å². The summed E-state index contributed by atoms with van der Waals surface area (Å²) in [6.07, 6.45) is 1.80. The molecule has 0 atom stereocenters. The number of carbonyl (C=O) groups excluding carboxylic acids is 1. The second kappa shape index (κ2) is 5.81. The first-order valence-corrected chi connectivity index (χ1v) is 6.23. The Kier molecular flexibility index (Phi) is 4.70. The third-order valence-electron chi connectivity index (χ3n) is 1.80. The fourth-order valence-electron chi connectivity index (χ4n) is 1.09. The Morgan fingerprint density at radius 3 is 2.81 bits per heavy atom. The van der Waals surface area contributed by atoms with Crippen molar-refractivity contribution in [3.05, 3.63) is 29.6 Å². The van der Waals surface area contributed by atoms with Gasteiger partial charge in [-0.25, -0.2) is 4.39 Å². The van der Waals surface area contributed by atoms with Gasteiger partial charge in [0.1, 0.15) is 10.8 Å². The average Bonchev–Trinajstić information content (AvgIpc) is 2.21. The number of nitrogens with two attached hydrogens (primary N) is 1. The summed E-state index contributed by atoms with van der Waals surface area (Å²) in [5.74, 6) is -0.495. The molecule has 1 amide bonds. The normalized spacial score (nSPS) is 9.88. The highest BCUT2D eigenvalue weighted by Crippen LogP contribution is 2.16. The number of hydrogen-bond acceptors (Lipinski definition) is 3. The van der Waals surface area contributed by atoms with Crippen LogP contribution in [0.15, 0.2) is 18.2 Å². The predicted molar refractivity (Wildman–Crippen MR) is 69.3 cm³/mol. The van der Waals surface area contributed by atoms with Gasteiger partial charge in [0.05, 0.1) is 11.4 Å². The first-order valence-electron chi connectivity index (χ1n) is 4.42. The van der Waals surface area contributed by atoms with Crippen molar-refractivity contribution in [1.29, 1.82) is 0 Å². The highest BCUT2D eigenvalue weighted by Gasteiger charge is 2.08. The van der Waals surface area contributed by atoms with E-state index in [-0.39, 0.29) is 22.3 Å². The molecule has 0 unspecified atom stereocenters. The summed E-state index contributed by atoms with van der Waals surface area (Å²) in [5.41, 5.74) is 5.93. The molecular formula is C10H11FN2OS2. The minimum atomic E-state index is -0.542. The molecule has 3 N–H and O–H groups in total. The Hall–Kier alpha value is -1.14. The van der Waals surface area contributed by atoms with E-state index in [1.165, 1.54) is 23.9 Å². The van der Waals surface area contributed by atoms with Crippen LogP contribution in [0.2, 0.25) is 0 Å². The summed E-state index contributed by atoms with van der Waals surface area (Å²) in [6, 6.07) is 4.22. The number of thiocarbonyl (C=S) groups is 1. The lowest BCUT2D eigenvalue weighted by Crippen LogP contribution is -2.16. The minimum absolute atomic E-state index is 0.126. The van der Waals surface area contributed by atoms with Crippen LogP contribution >= 0.6 is 24.0 Å². The van der Waals surface area contributed by atoms with Gasteiger partial charge in [0.15, 0.2) is 0 Å². The maximum absolute atomic E-state index is 13.5. The summed E-state index contributed by atoms with van der Waals surface area (Å²) in [5, 5.41) is 2.46. The van der Waals surface area contributed by atoms with Gasteiger partial charge < -0.3 is 11.1 Å². The Morgan fingerprint density at radius 1 is 1.62 bits per heavy atom. The van der Waals surface area contributed by atoms with E-state index in [1.807, 2.05) is 0 Å². The molecule has 0 radical (unpaired) electrons. The molecular weight excluding hydrogens is 247 g/mol. The van der Waals surface area contributed by atoms with Gasteiger partial charge in [-0.2, -0.15) is 11.8 Å². The predicted octanol–water partition coefficient (Wildman–Crippen LogP) is 1.76. The molecule has 0 bridgehead atoms. The summed E-state index contributed by atoms with van der Waals surface area (Å²) in [6.45, 7) is 0. The molecule has 0 aliphatic carbocycles. The number of halogens is 1. The van der Waals surface area contributed by atoms with Gasteiger partial charge in [-0.15, -0.1) is 0 Å². The molecule has 86 valence electrons. The van der Waals surface area contributed by atoms with Crippen LogP contribution in [0.3, 0.4) is 0 Å². The molecule has 3 nitrogen and oxygen atoms in total. The number of rotatable bonds is 4. The highest BCUT2D eigenvalue weighted by atomic mass is 32.2. The standard InChI is InChI=1S/C10H11FN2OS2/c1-16-5-9(14)13-8-3-2-6(10(12)15)4-7(8)11/h2-4H,5H2,1H3,(H2,12,15)(H,13,14). The Balaban J connectivity index is 2.83. The summed E-state index contributed by atoms with van der Waals surface area (Å²) in [7, 11) is 0. The zero-order valence-electron chi connectivity index (χ0n) is 8.62. The van der Waals surface area contributed by atoms with E-state index < -0.39 is 5.82 Å². The lowest BCUT2D eigenvalue weighted by atomic mass is 10.2. The first-order chi connectivity index (χ1) is 7.54. The molecule has 16 heavy (non-hydrogen) atoms. The minimum Gasteiger partial charge on any atom is -0.389 e. The van der Waals surface area contributed by atoms with Gasteiger partial charge in [0.25, 0.3) is 0 Å². The molecule has 0 aliphatic rings. The fraction of sp³-hybridized carbons (Fsp3) is 0.200. The van der Waals surface area contributed by atoms with Crippen molar-refractivity contribution < 1.29 is 9.18 Å². The van der Waals surface area contributed by atoms with Crippen LogP contribution in [0.4, 0.5) is 10.1 Å². The maximum atomic E-state index is 13.5. The second-order valence-electron chi connectivity index (χ2n) is 3.04.